The maximum atomic E-state index is 13.7. The molecule has 3 aliphatic carbocycles. The van der Waals surface area contributed by atoms with Gasteiger partial charge in [0.2, 0.25) is 5.75 Å². The minimum atomic E-state index is -4.28. The summed E-state index contributed by atoms with van der Waals surface area (Å²) in [6.45, 7) is 1.84. The Kier molecular flexibility index (Phi) is 6.85. The Morgan fingerprint density at radius 2 is 1.53 bits per heavy atom. The molecule has 0 N–H and O–H groups in total. The van der Waals surface area contributed by atoms with Crippen LogP contribution in [0.4, 0.5) is 0 Å². The van der Waals surface area contributed by atoms with E-state index in [9.17, 15) is 22.8 Å². The first-order valence-electron chi connectivity index (χ1n) is 14.3. The van der Waals surface area contributed by atoms with Gasteiger partial charge < -0.3 is 13.7 Å². The number of benzene rings is 3. The van der Waals surface area contributed by atoms with Crippen molar-refractivity contribution < 1.29 is 36.5 Å². The molecule has 4 aliphatic rings. The molecule has 2 amide bonds. The highest BCUT2D eigenvalue weighted by Gasteiger charge is 2.64. The number of rotatable bonds is 6. The van der Waals surface area contributed by atoms with Gasteiger partial charge in [0.15, 0.2) is 21.6 Å². The standard InChI is InChI=1S/C33H27Cl2NO8S/c1-16-8-11-18(12-9-16)45(40,41)44-24-14-17-10-13-23(36-31(38)19-6-4-5-7-20(19)32(36)39)21-15-22-27(33(34,35)30(22)37)26(21)25(17)29(43-3)28(24)42-2/h4-9,11-12,14,21-23H,10,13,15H2,1-3H3/t21?,22?,23-/m0/s1. The zero-order valence-corrected chi connectivity index (χ0v) is 26.8. The largest absolute Gasteiger partial charge is 0.492 e. The summed E-state index contributed by atoms with van der Waals surface area (Å²) >= 11 is 13.3. The molecule has 0 saturated heterocycles. The van der Waals surface area contributed by atoms with Gasteiger partial charge in [-0.05, 0) is 73.2 Å². The number of ether oxygens (including phenoxy) is 2. The van der Waals surface area contributed by atoms with E-state index in [2.05, 4.69) is 0 Å². The molecule has 232 valence electrons. The highest BCUT2D eigenvalue weighted by atomic mass is 35.5. The van der Waals surface area contributed by atoms with Crippen molar-refractivity contribution in [2.75, 3.05) is 14.2 Å². The molecule has 3 atom stereocenters. The summed E-state index contributed by atoms with van der Waals surface area (Å²) in [7, 11) is -1.50. The van der Waals surface area contributed by atoms with E-state index in [4.69, 9.17) is 36.9 Å². The predicted molar refractivity (Wildman–Crippen MR) is 166 cm³/mol. The molecule has 45 heavy (non-hydrogen) atoms. The van der Waals surface area contributed by atoms with Crippen molar-refractivity contribution in [2.45, 2.75) is 41.5 Å². The van der Waals surface area contributed by atoms with Gasteiger partial charge in [0.25, 0.3) is 11.8 Å². The third-order valence-electron chi connectivity index (χ3n) is 9.26. The molecule has 1 fully saturated rings. The van der Waals surface area contributed by atoms with Crippen LogP contribution >= 0.6 is 23.2 Å². The fourth-order valence-corrected chi connectivity index (χ4v) is 8.91. The molecule has 9 nitrogen and oxygen atoms in total. The molecule has 1 saturated carbocycles. The van der Waals surface area contributed by atoms with E-state index >= 15 is 0 Å². The SMILES string of the molecule is COc1c(OS(=O)(=O)c2ccc(C)cc2)cc2c(c1OC)C1=C3C(CC1[C@@H](N1C(=O)c4ccccc4C1=O)CC2)C(=O)C3(Cl)Cl. The zero-order chi connectivity index (χ0) is 32.0. The Labute approximate surface area is 269 Å². The number of allylic oxidation sites excluding steroid dienone is 1. The van der Waals surface area contributed by atoms with Crippen LogP contribution in [-0.4, -0.2) is 55.5 Å². The fraction of sp³-hybridized carbons (Fsp3) is 0.303. The number of ketones is 1. The van der Waals surface area contributed by atoms with E-state index in [0.29, 0.717) is 52.7 Å². The van der Waals surface area contributed by atoms with Crippen LogP contribution in [0.5, 0.6) is 17.2 Å². The Morgan fingerprint density at radius 1 is 0.911 bits per heavy atom. The topological polar surface area (TPSA) is 116 Å². The number of carbonyl (C=O) groups excluding carboxylic acids is 3. The van der Waals surface area contributed by atoms with E-state index in [0.717, 1.165) is 5.56 Å². The van der Waals surface area contributed by atoms with Crippen molar-refractivity contribution in [3.63, 3.8) is 0 Å². The second-order valence-electron chi connectivity index (χ2n) is 11.6. The summed E-state index contributed by atoms with van der Waals surface area (Å²) < 4.78 is 42.1. The molecule has 12 heteroatoms. The molecule has 0 bridgehead atoms. The number of methoxy groups -OCH3 is 2. The van der Waals surface area contributed by atoms with Crippen LogP contribution < -0.4 is 13.7 Å². The number of halogens is 2. The first-order valence-corrected chi connectivity index (χ1v) is 16.5. The second kappa shape index (κ2) is 10.3. The smallest absolute Gasteiger partial charge is 0.339 e. The Morgan fingerprint density at radius 3 is 2.13 bits per heavy atom. The molecule has 3 aromatic rings. The van der Waals surface area contributed by atoms with Gasteiger partial charge in [0.1, 0.15) is 4.90 Å². The Bertz CT molecular complexity index is 1930. The lowest BCUT2D eigenvalue weighted by Gasteiger charge is -2.37. The molecule has 0 aromatic heterocycles. The van der Waals surface area contributed by atoms with Gasteiger partial charge in [-0.25, -0.2) is 0 Å². The minimum Gasteiger partial charge on any atom is -0.492 e. The average molecular weight is 669 g/mol. The number of hydrogen-bond donors (Lipinski definition) is 0. The lowest BCUT2D eigenvalue weighted by atomic mass is 9.76. The second-order valence-corrected chi connectivity index (χ2v) is 14.5. The number of imide groups is 1. The van der Waals surface area contributed by atoms with Crippen molar-refractivity contribution in [1.29, 1.82) is 0 Å². The molecular formula is C33H27Cl2NO8S. The zero-order valence-electron chi connectivity index (χ0n) is 24.4. The Hall–Kier alpha value is -3.86. The van der Waals surface area contributed by atoms with Crippen LogP contribution in [0, 0.1) is 18.8 Å². The van der Waals surface area contributed by atoms with E-state index < -0.39 is 44.1 Å². The number of carbonyl (C=O) groups is 3. The normalized spacial score (nSPS) is 23.1. The third kappa shape index (κ3) is 4.26. The monoisotopic (exact) mass is 667 g/mol. The fourth-order valence-electron chi connectivity index (χ4n) is 7.25. The van der Waals surface area contributed by atoms with Gasteiger partial charge >= 0.3 is 10.1 Å². The molecule has 2 unspecified atom stereocenters. The summed E-state index contributed by atoms with van der Waals surface area (Å²) in [4.78, 5) is 41.7. The van der Waals surface area contributed by atoms with Gasteiger partial charge in [0.05, 0.1) is 25.3 Å². The average Bonchev–Trinajstić information content (AvgIpc) is 3.46. The van der Waals surface area contributed by atoms with E-state index in [1.54, 1.807) is 42.5 Å². The lowest BCUT2D eigenvalue weighted by Crippen LogP contribution is -2.48. The van der Waals surface area contributed by atoms with Crippen LogP contribution in [0.3, 0.4) is 0 Å². The van der Waals surface area contributed by atoms with Gasteiger partial charge in [-0.2, -0.15) is 8.42 Å². The number of aryl methyl sites for hydroxylation is 2. The Balaban J connectivity index is 1.40. The number of Topliss-reactive ketones (excluding diaryl/α,β-unsaturated/α-hetero) is 1. The summed E-state index contributed by atoms with van der Waals surface area (Å²) in [6, 6.07) is 13.8. The van der Waals surface area contributed by atoms with Gasteiger partial charge in [-0.1, -0.05) is 53.0 Å². The van der Waals surface area contributed by atoms with Gasteiger partial charge in [-0.3, -0.25) is 19.3 Å². The highest BCUT2D eigenvalue weighted by molar-refractivity contribution is 7.87. The molecule has 0 spiro atoms. The quantitative estimate of drug-likeness (QED) is 0.191. The summed E-state index contributed by atoms with van der Waals surface area (Å²) in [5.74, 6) is -2.19. The van der Waals surface area contributed by atoms with E-state index in [-0.39, 0.29) is 27.9 Å². The molecule has 3 aromatic carbocycles. The number of hydrogen-bond acceptors (Lipinski definition) is 8. The highest BCUT2D eigenvalue weighted by Crippen LogP contribution is 2.64. The lowest BCUT2D eigenvalue weighted by molar-refractivity contribution is -0.125. The van der Waals surface area contributed by atoms with Gasteiger partial charge in [0, 0.05) is 23.4 Å². The molecular weight excluding hydrogens is 641 g/mol. The third-order valence-corrected chi connectivity index (χ3v) is 11.3. The molecule has 1 aliphatic heterocycles. The maximum Gasteiger partial charge on any atom is 0.339 e. The van der Waals surface area contributed by atoms with Crippen molar-refractivity contribution in [1.82, 2.24) is 4.90 Å². The maximum absolute atomic E-state index is 13.7. The minimum absolute atomic E-state index is 0.0156. The van der Waals surface area contributed by atoms with Crippen molar-refractivity contribution >= 4 is 56.5 Å². The predicted octanol–water partition coefficient (Wildman–Crippen LogP) is 5.54. The van der Waals surface area contributed by atoms with Crippen LogP contribution in [0.25, 0.3) is 5.57 Å². The first kappa shape index (κ1) is 29.8. The van der Waals surface area contributed by atoms with Crippen LogP contribution in [-0.2, 0) is 21.3 Å². The summed E-state index contributed by atoms with van der Waals surface area (Å²) in [5, 5.41) is 0. The van der Waals surface area contributed by atoms with Crippen LogP contribution in [0.2, 0.25) is 0 Å². The molecule has 1 heterocycles. The van der Waals surface area contributed by atoms with Crippen molar-refractivity contribution in [2.24, 2.45) is 11.8 Å². The van der Waals surface area contributed by atoms with Crippen LogP contribution in [0.1, 0.15) is 50.2 Å². The first-order chi connectivity index (χ1) is 21.4. The molecule has 0 radical (unpaired) electrons. The number of alkyl halides is 2. The van der Waals surface area contributed by atoms with Crippen LogP contribution in [0.15, 0.2) is 65.1 Å². The number of fused-ring (bicyclic) bond motifs is 5. The van der Waals surface area contributed by atoms with E-state index in [1.165, 1.54) is 31.3 Å². The van der Waals surface area contributed by atoms with E-state index in [1.807, 2.05) is 6.92 Å². The summed E-state index contributed by atoms with van der Waals surface area (Å²) in [5.41, 5.74) is 3.75. The number of amides is 2. The van der Waals surface area contributed by atoms with Gasteiger partial charge in [-0.15, -0.1) is 0 Å². The number of nitrogens with zero attached hydrogens (tertiary/aromatic N) is 1. The van der Waals surface area contributed by atoms with Crippen molar-refractivity contribution in [3.8, 4) is 17.2 Å². The molecule has 7 rings (SSSR count). The summed E-state index contributed by atoms with van der Waals surface area (Å²) in [6.07, 6.45) is 0.921. The van der Waals surface area contributed by atoms with Crippen molar-refractivity contribution in [3.05, 3.63) is 88.0 Å².